The molecule has 0 unspecified atom stereocenters. The maximum Gasteiger partial charge on any atom is 0.272 e. The zero-order valence-electron chi connectivity index (χ0n) is 19.7. The highest BCUT2D eigenvalue weighted by atomic mass is 32.1. The normalized spacial score (nSPS) is 15.7. The predicted octanol–water partition coefficient (Wildman–Crippen LogP) is 1.54. The Hall–Kier alpha value is -3.99. The number of fused-ring (bicyclic) bond motifs is 2. The van der Waals surface area contributed by atoms with Crippen LogP contribution in [-0.4, -0.2) is 45.1 Å². The van der Waals surface area contributed by atoms with Crippen molar-refractivity contribution in [3.8, 4) is 23.0 Å². The van der Waals surface area contributed by atoms with Crippen molar-refractivity contribution in [3.63, 3.8) is 0 Å². The average Bonchev–Trinajstić information content (AvgIpc) is 3.37. The Kier molecular flexibility index (Phi) is 5.85. The lowest BCUT2D eigenvalue weighted by molar-refractivity contribution is -0.110. The van der Waals surface area contributed by atoms with Gasteiger partial charge in [-0.05, 0) is 25.1 Å². The van der Waals surface area contributed by atoms with E-state index in [-0.39, 0.29) is 18.1 Å². The molecule has 2 aromatic carbocycles. The Morgan fingerprint density at radius 3 is 2.46 bits per heavy atom. The van der Waals surface area contributed by atoms with Crippen molar-refractivity contribution in [1.82, 2.24) is 4.57 Å². The monoisotopic (exact) mass is 496 g/mol. The van der Waals surface area contributed by atoms with E-state index in [0.29, 0.717) is 62.4 Å². The van der Waals surface area contributed by atoms with Crippen LogP contribution in [0.25, 0.3) is 5.57 Å². The third kappa shape index (κ3) is 3.77. The molecule has 3 aromatic rings. The number of ether oxygens (including phenoxy) is 4. The summed E-state index contributed by atoms with van der Waals surface area (Å²) in [6, 6.07) is 8.99. The molecule has 182 valence electrons. The quantitative estimate of drug-likeness (QED) is 0.552. The molecular formula is C24H24N4O6S. The minimum Gasteiger partial charge on any atom is -0.494 e. The van der Waals surface area contributed by atoms with E-state index in [4.69, 9.17) is 18.9 Å². The van der Waals surface area contributed by atoms with Gasteiger partial charge in [0.05, 0.1) is 33.5 Å². The van der Waals surface area contributed by atoms with Gasteiger partial charge in [-0.2, -0.15) is 0 Å². The molecule has 0 radical (unpaired) electrons. The molecule has 35 heavy (non-hydrogen) atoms. The Labute approximate surface area is 204 Å². The van der Waals surface area contributed by atoms with Crippen molar-refractivity contribution in [1.29, 1.82) is 0 Å². The van der Waals surface area contributed by atoms with E-state index in [2.05, 4.69) is 10.3 Å². The number of anilines is 2. The number of thiazole rings is 1. The summed E-state index contributed by atoms with van der Waals surface area (Å²) in [7, 11) is 4.64. The lowest BCUT2D eigenvalue weighted by Crippen LogP contribution is -2.43. The van der Waals surface area contributed by atoms with Crippen molar-refractivity contribution in [2.45, 2.75) is 13.6 Å². The van der Waals surface area contributed by atoms with Crippen LogP contribution >= 0.6 is 11.3 Å². The van der Waals surface area contributed by atoms with E-state index in [1.165, 1.54) is 11.3 Å². The molecule has 0 atom stereocenters. The fraction of sp³-hybridized carbons (Fsp3) is 0.292. The van der Waals surface area contributed by atoms with Gasteiger partial charge in [0.15, 0.2) is 16.3 Å². The van der Waals surface area contributed by atoms with Crippen molar-refractivity contribution < 1.29 is 23.7 Å². The zero-order chi connectivity index (χ0) is 24.7. The van der Waals surface area contributed by atoms with Crippen LogP contribution in [0.15, 0.2) is 40.1 Å². The van der Waals surface area contributed by atoms with Crippen LogP contribution in [0.5, 0.6) is 23.0 Å². The van der Waals surface area contributed by atoms with Gasteiger partial charge < -0.3 is 29.2 Å². The minimum atomic E-state index is -0.313. The minimum absolute atomic E-state index is 0.257. The number of amides is 1. The average molecular weight is 497 g/mol. The fourth-order valence-electron chi connectivity index (χ4n) is 4.20. The molecule has 0 fully saturated rings. The summed E-state index contributed by atoms with van der Waals surface area (Å²) in [5, 5.41) is 2.84. The summed E-state index contributed by atoms with van der Waals surface area (Å²) in [5.74, 6) is 1.82. The number of aromatic nitrogens is 1. The molecule has 2 aliphatic rings. The molecule has 5 rings (SSSR count). The summed E-state index contributed by atoms with van der Waals surface area (Å²) in [6.07, 6.45) is 0. The smallest absolute Gasteiger partial charge is 0.272 e. The van der Waals surface area contributed by atoms with E-state index in [9.17, 15) is 9.59 Å². The molecule has 0 saturated carbocycles. The standard InChI is InChI=1S/C24H24N4O6S/c1-5-34-14-6-7-16-15(10-14)19(22(29)26-16)21-23(30)28-12-27(11-25-24(28)35-21)13-8-17(31-2)20(33-4)18(9-13)32-3/h6-10H,5,11-12H2,1-4H3,(H,26,29). The van der Waals surface area contributed by atoms with Crippen molar-refractivity contribution in [2.75, 3.05) is 44.8 Å². The highest BCUT2D eigenvalue weighted by Crippen LogP contribution is 2.41. The molecule has 0 aliphatic carbocycles. The molecular weight excluding hydrogens is 472 g/mol. The summed E-state index contributed by atoms with van der Waals surface area (Å²) in [5.41, 5.74) is 2.13. The molecule has 0 saturated heterocycles. The van der Waals surface area contributed by atoms with E-state index >= 15 is 0 Å². The SMILES string of the molecule is CCOc1ccc2c(c1)C(=c1sc3n(c1=O)CN(c1cc(OC)c(OC)c(OC)c1)CN=3)C(=O)N2. The largest absolute Gasteiger partial charge is 0.494 e. The zero-order valence-corrected chi connectivity index (χ0v) is 20.5. The van der Waals surface area contributed by atoms with Gasteiger partial charge in [-0.25, -0.2) is 4.99 Å². The van der Waals surface area contributed by atoms with Crippen LogP contribution in [0, 0.1) is 0 Å². The Morgan fingerprint density at radius 2 is 1.80 bits per heavy atom. The number of hydrogen-bond acceptors (Lipinski definition) is 9. The number of rotatable bonds is 6. The van der Waals surface area contributed by atoms with Crippen molar-refractivity contribution in [2.24, 2.45) is 4.99 Å². The van der Waals surface area contributed by atoms with Crippen LogP contribution in [-0.2, 0) is 11.5 Å². The van der Waals surface area contributed by atoms with Crippen LogP contribution < -0.4 is 44.1 Å². The third-order valence-corrected chi connectivity index (χ3v) is 6.96. The molecule has 3 heterocycles. The van der Waals surface area contributed by atoms with Gasteiger partial charge in [0.1, 0.15) is 23.6 Å². The van der Waals surface area contributed by atoms with Gasteiger partial charge in [0, 0.05) is 29.1 Å². The van der Waals surface area contributed by atoms with Gasteiger partial charge in [0.25, 0.3) is 11.5 Å². The highest BCUT2D eigenvalue weighted by Gasteiger charge is 2.29. The number of carbonyl (C=O) groups excluding carboxylic acids is 1. The van der Waals surface area contributed by atoms with Crippen molar-refractivity contribution >= 4 is 34.2 Å². The first-order chi connectivity index (χ1) is 17.0. The summed E-state index contributed by atoms with van der Waals surface area (Å²) in [6.45, 7) is 2.97. The second-order valence-corrected chi connectivity index (χ2v) is 8.76. The first-order valence-electron chi connectivity index (χ1n) is 10.9. The van der Waals surface area contributed by atoms with Crippen LogP contribution in [0.3, 0.4) is 0 Å². The number of nitrogens with one attached hydrogen (secondary N) is 1. The Balaban J connectivity index is 1.59. The van der Waals surface area contributed by atoms with Gasteiger partial charge in [-0.1, -0.05) is 11.3 Å². The first kappa shape index (κ1) is 22.8. The highest BCUT2D eigenvalue weighted by molar-refractivity contribution is 7.07. The molecule has 1 N–H and O–H groups in total. The van der Waals surface area contributed by atoms with Crippen LogP contribution in [0.1, 0.15) is 12.5 Å². The molecule has 2 aliphatic heterocycles. The van der Waals surface area contributed by atoms with Gasteiger partial charge in [-0.15, -0.1) is 0 Å². The van der Waals surface area contributed by atoms with Gasteiger partial charge in [-0.3, -0.25) is 14.2 Å². The predicted molar refractivity (Wildman–Crippen MR) is 132 cm³/mol. The summed E-state index contributed by atoms with van der Waals surface area (Å²) < 4.78 is 23.8. The first-order valence-corrected chi connectivity index (χ1v) is 11.7. The van der Waals surface area contributed by atoms with E-state index in [1.807, 2.05) is 24.0 Å². The van der Waals surface area contributed by atoms with E-state index in [1.54, 1.807) is 44.1 Å². The second kappa shape index (κ2) is 8.99. The molecule has 10 nitrogen and oxygen atoms in total. The Morgan fingerprint density at radius 1 is 1.06 bits per heavy atom. The third-order valence-electron chi connectivity index (χ3n) is 5.84. The number of nitrogens with zero attached hydrogens (tertiary/aromatic N) is 3. The molecule has 11 heteroatoms. The number of benzene rings is 2. The lowest BCUT2D eigenvalue weighted by Gasteiger charge is -2.27. The Bertz CT molecular complexity index is 1480. The number of carbonyl (C=O) groups is 1. The second-order valence-electron chi connectivity index (χ2n) is 7.78. The topological polar surface area (TPSA) is 104 Å². The fourth-order valence-corrected chi connectivity index (χ4v) is 5.26. The van der Waals surface area contributed by atoms with Crippen LogP contribution in [0.4, 0.5) is 11.4 Å². The summed E-state index contributed by atoms with van der Waals surface area (Å²) >= 11 is 1.21. The molecule has 1 aromatic heterocycles. The van der Waals surface area contributed by atoms with E-state index < -0.39 is 0 Å². The maximum absolute atomic E-state index is 13.5. The number of methoxy groups -OCH3 is 3. The van der Waals surface area contributed by atoms with Gasteiger partial charge in [0.2, 0.25) is 5.75 Å². The van der Waals surface area contributed by atoms with Crippen molar-refractivity contribution in [3.05, 3.63) is 55.6 Å². The maximum atomic E-state index is 13.5. The lowest BCUT2D eigenvalue weighted by atomic mass is 10.1. The van der Waals surface area contributed by atoms with E-state index in [0.717, 1.165) is 5.69 Å². The summed E-state index contributed by atoms with van der Waals surface area (Å²) in [4.78, 5) is 33.4. The molecule has 1 amide bonds. The number of hydrogen-bond donors (Lipinski definition) is 1. The molecule has 0 bridgehead atoms. The van der Waals surface area contributed by atoms with Crippen LogP contribution in [0.2, 0.25) is 0 Å². The van der Waals surface area contributed by atoms with Gasteiger partial charge >= 0.3 is 0 Å². The molecule has 0 spiro atoms.